The van der Waals surface area contributed by atoms with E-state index in [0.717, 1.165) is 0 Å². The molecule has 1 aromatic rings. The normalized spacial score (nSPS) is 30.1. The van der Waals surface area contributed by atoms with E-state index in [-0.39, 0.29) is 13.0 Å². The summed E-state index contributed by atoms with van der Waals surface area (Å²) >= 11 is 0. The van der Waals surface area contributed by atoms with E-state index in [4.69, 9.17) is 14.2 Å². The van der Waals surface area contributed by atoms with Gasteiger partial charge in [-0.25, -0.2) is 0 Å². The van der Waals surface area contributed by atoms with Crippen molar-refractivity contribution in [1.82, 2.24) is 0 Å². The highest BCUT2D eigenvalue weighted by Crippen LogP contribution is 2.65. The molecule has 1 aliphatic heterocycles. The highest BCUT2D eigenvalue weighted by molar-refractivity contribution is 6.05. The number of rotatable bonds is 4. The summed E-state index contributed by atoms with van der Waals surface area (Å²) in [5.74, 6) is -2.11. The van der Waals surface area contributed by atoms with E-state index in [1.807, 2.05) is 0 Å². The molecule has 0 N–H and O–H groups in total. The zero-order valence-electron chi connectivity index (χ0n) is 13.5. The maximum absolute atomic E-state index is 12.6. The van der Waals surface area contributed by atoms with Crippen molar-refractivity contribution in [3.8, 4) is 5.75 Å². The Morgan fingerprint density at radius 3 is 2.79 bits per heavy atom. The van der Waals surface area contributed by atoms with Gasteiger partial charge >= 0.3 is 17.9 Å². The Morgan fingerprint density at radius 2 is 2.12 bits per heavy atom. The van der Waals surface area contributed by atoms with Gasteiger partial charge in [-0.2, -0.15) is 0 Å². The van der Waals surface area contributed by atoms with E-state index < -0.39 is 34.8 Å². The lowest BCUT2D eigenvalue weighted by Gasteiger charge is -2.58. The van der Waals surface area contributed by atoms with Gasteiger partial charge in [0.2, 0.25) is 0 Å². The van der Waals surface area contributed by atoms with Crippen LogP contribution in [0, 0.1) is 5.41 Å². The molecule has 6 nitrogen and oxygen atoms in total. The first-order valence-corrected chi connectivity index (χ1v) is 7.64. The smallest absolute Gasteiger partial charge is 0.329 e. The summed E-state index contributed by atoms with van der Waals surface area (Å²) in [5, 5.41) is 0. The molecule has 0 unspecified atom stereocenters. The van der Waals surface area contributed by atoms with Gasteiger partial charge in [0.25, 0.3) is 0 Å². The van der Waals surface area contributed by atoms with Crippen LogP contribution in [-0.4, -0.2) is 30.1 Å². The number of benzene rings is 1. The Morgan fingerprint density at radius 1 is 1.42 bits per heavy atom. The fraction of sp³-hybridized carbons (Fsp3) is 0.389. The molecule has 0 bridgehead atoms. The molecular weight excluding hydrogens is 312 g/mol. The second kappa shape index (κ2) is 5.47. The molecule has 0 spiro atoms. The summed E-state index contributed by atoms with van der Waals surface area (Å²) in [7, 11) is 0. The average molecular weight is 330 g/mol. The number of carbonyl (C=O) groups excluding carboxylic acids is 3. The van der Waals surface area contributed by atoms with Crippen LogP contribution >= 0.6 is 0 Å². The van der Waals surface area contributed by atoms with Gasteiger partial charge in [0.05, 0.1) is 5.92 Å². The van der Waals surface area contributed by atoms with E-state index in [9.17, 15) is 14.4 Å². The molecule has 0 radical (unpaired) electrons. The highest BCUT2D eigenvalue weighted by Gasteiger charge is 2.75. The molecule has 24 heavy (non-hydrogen) atoms. The van der Waals surface area contributed by atoms with Gasteiger partial charge < -0.3 is 14.2 Å². The van der Waals surface area contributed by atoms with Gasteiger partial charge in [0, 0.05) is 18.9 Å². The van der Waals surface area contributed by atoms with Crippen LogP contribution in [0.15, 0.2) is 36.9 Å². The second-order valence-electron chi connectivity index (χ2n) is 6.30. The minimum Gasteiger partial charge on any atom is -0.461 e. The summed E-state index contributed by atoms with van der Waals surface area (Å²) < 4.78 is 16.0. The first-order valence-electron chi connectivity index (χ1n) is 7.64. The fourth-order valence-corrected chi connectivity index (χ4v) is 3.90. The zero-order valence-corrected chi connectivity index (χ0v) is 13.5. The van der Waals surface area contributed by atoms with Crippen LogP contribution in [0.2, 0.25) is 0 Å². The third kappa shape index (κ3) is 2.13. The standard InChI is InChI=1S/C18H18O6/c1-4-9-22-15(20)18-10-17(3,24-11(2)19)14(18)12-7-5-6-8-13(12)23-16(18)21/h4-8,14H,1,9-10H2,2-3H3/t14-,17+,18-/m1/s1. The topological polar surface area (TPSA) is 78.9 Å². The van der Waals surface area contributed by atoms with Crippen molar-refractivity contribution >= 4 is 17.9 Å². The van der Waals surface area contributed by atoms with Crippen LogP contribution in [-0.2, 0) is 23.9 Å². The first kappa shape index (κ1) is 16.2. The maximum atomic E-state index is 12.6. The Labute approximate surface area is 139 Å². The van der Waals surface area contributed by atoms with Crippen molar-refractivity contribution in [1.29, 1.82) is 0 Å². The summed E-state index contributed by atoms with van der Waals surface area (Å²) in [6.07, 6.45) is 1.45. The van der Waals surface area contributed by atoms with Crippen LogP contribution in [0.25, 0.3) is 0 Å². The van der Waals surface area contributed by atoms with E-state index in [2.05, 4.69) is 6.58 Å². The third-order valence-corrected chi connectivity index (χ3v) is 4.60. The van der Waals surface area contributed by atoms with Crippen molar-refractivity contribution in [3.63, 3.8) is 0 Å². The number of fused-ring (bicyclic) bond motifs is 3. The highest BCUT2D eigenvalue weighted by atomic mass is 16.6. The minimum absolute atomic E-state index is 0.00743. The molecule has 1 heterocycles. The van der Waals surface area contributed by atoms with Crippen LogP contribution < -0.4 is 4.74 Å². The number of carbonyl (C=O) groups is 3. The van der Waals surface area contributed by atoms with Crippen LogP contribution in [0.3, 0.4) is 0 Å². The van der Waals surface area contributed by atoms with E-state index >= 15 is 0 Å². The van der Waals surface area contributed by atoms with Gasteiger partial charge in [-0.15, -0.1) is 0 Å². The summed E-state index contributed by atoms with van der Waals surface area (Å²) in [6.45, 7) is 6.51. The summed E-state index contributed by atoms with van der Waals surface area (Å²) in [6, 6.07) is 6.93. The monoisotopic (exact) mass is 330 g/mol. The van der Waals surface area contributed by atoms with Gasteiger partial charge in [-0.3, -0.25) is 14.4 Å². The Balaban J connectivity index is 2.09. The molecule has 126 valence electrons. The SMILES string of the molecule is C=CCOC(=O)[C@@]12C[C@](C)(OC(C)=O)[C@H]1c1ccccc1OC2=O. The molecule has 2 aliphatic rings. The molecule has 1 aromatic carbocycles. The van der Waals surface area contributed by atoms with E-state index in [0.29, 0.717) is 11.3 Å². The van der Waals surface area contributed by atoms with Crippen LogP contribution in [0.5, 0.6) is 5.75 Å². The first-order chi connectivity index (χ1) is 11.3. The van der Waals surface area contributed by atoms with Crippen molar-refractivity contribution in [2.45, 2.75) is 31.8 Å². The lowest BCUT2D eigenvalue weighted by molar-refractivity contribution is -0.218. The molecule has 1 aliphatic carbocycles. The molecule has 3 rings (SSSR count). The molecule has 3 atom stereocenters. The predicted octanol–water partition coefficient (Wildman–Crippen LogP) is 2.13. The number of hydrogen-bond acceptors (Lipinski definition) is 6. The van der Waals surface area contributed by atoms with Gasteiger partial charge in [-0.05, 0) is 13.0 Å². The second-order valence-corrected chi connectivity index (χ2v) is 6.30. The van der Waals surface area contributed by atoms with Crippen molar-refractivity contribution in [2.75, 3.05) is 6.61 Å². The molecule has 0 aromatic heterocycles. The Hall–Kier alpha value is -2.63. The van der Waals surface area contributed by atoms with Crippen LogP contribution in [0.1, 0.15) is 31.7 Å². The Kier molecular flexibility index (Phi) is 3.70. The van der Waals surface area contributed by atoms with Crippen molar-refractivity contribution < 1.29 is 28.6 Å². The lowest BCUT2D eigenvalue weighted by atomic mass is 9.48. The average Bonchev–Trinajstić information content (AvgIpc) is 2.50. The number of ether oxygens (including phenoxy) is 3. The molecular formula is C18H18O6. The molecule has 1 fully saturated rings. The number of hydrogen-bond donors (Lipinski definition) is 0. The predicted molar refractivity (Wildman–Crippen MR) is 83.2 cm³/mol. The maximum Gasteiger partial charge on any atom is 0.329 e. The summed E-state index contributed by atoms with van der Waals surface area (Å²) in [5.41, 5.74) is -1.82. The quantitative estimate of drug-likeness (QED) is 0.364. The van der Waals surface area contributed by atoms with Crippen LogP contribution in [0.4, 0.5) is 0 Å². The zero-order chi connectivity index (χ0) is 17.5. The molecule has 0 saturated heterocycles. The van der Waals surface area contributed by atoms with E-state index in [1.165, 1.54) is 13.0 Å². The number of para-hydroxylation sites is 1. The molecule has 0 amide bonds. The van der Waals surface area contributed by atoms with E-state index in [1.54, 1.807) is 31.2 Å². The lowest BCUT2D eigenvalue weighted by Crippen LogP contribution is -2.69. The number of esters is 3. The van der Waals surface area contributed by atoms with Gasteiger partial charge in [0.1, 0.15) is 18.0 Å². The minimum atomic E-state index is -1.50. The largest absolute Gasteiger partial charge is 0.461 e. The fourth-order valence-electron chi connectivity index (χ4n) is 3.90. The van der Waals surface area contributed by atoms with Crippen molar-refractivity contribution in [2.24, 2.45) is 5.41 Å². The molecule has 6 heteroatoms. The third-order valence-electron chi connectivity index (χ3n) is 4.60. The van der Waals surface area contributed by atoms with Gasteiger partial charge in [0.15, 0.2) is 5.41 Å². The van der Waals surface area contributed by atoms with Gasteiger partial charge in [-0.1, -0.05) is 30.9 Å². The molecule has 1 saturated carbocycles. The summed E-state index contributed by atoms with van der Waals surface area (Å²) in [4.78, 5) is 36.8. The van der Waals surface area contributed by atoms with Crippen molar-refractivity contribution in [3.05, 3.63) is 42.5 Å². The Bertz CT molecular complexity index is 739.